The first-order valence-corrected chi connectivity index (χ1v) is 7.95. The lowest BCUT2D eigenvalue weighted by atomic mass is 9.84. The Labute approximate surface area is 135 Å². The van der Waals surface area contributed by atoms with E-state index < -0.39 is 6.04 Å². The summed E-state index contributed by atoms with van der Waals surface area (Å²) in [5.74, 6) is 0.511. The van der Waals surface area contributed by atoms with E-state index in [0.29, 0.717) is 11.5 Å². The van der Waals surface area contributed by atoms with Crippen LogP contribution in [0.4, 0.5) is 0 Å². The molecule has 6 heteroatoms. The number of hydrogen-bond acceptors (Lipinski definition) is 4. The monoisotopic (exact) mass is 309 g/mol. The van der Waals surface area contributed by atoms with E-state index in [1.54, 1.807) is 41.3 Å². The number of nitrogens with one attached hydrogen (secondary N) is 1. The van der Waals surface area contributed by atoms with Crippen molar-refractivity contribution < 1.29 is 4.79 Å². The van der Waals surface area contributed by atoms with Crippen molar-refractivity contribution in [3.63, 3.8) is 0 Å². The topological polar surface area (TPSA) is 83.6 Å². The Bertz CT molecular complexity index is 698. The van der Waals surface area contributed by atoms with E-state index in [1.807, 2.05) is 0 Å². The third kappa shape index (κ3) is 3.57. The van der Waals surface area contributed by atoms with Gasteiger partial charge in [0.2, 0.25) is 0 Å². The average molecular weight is 309 g/mol. The minimum atomic E-state index is -0.446. The van der Waals surface area contributed by atoms with Gasteiger partial charge in [0.1, 0.15) is 11.7 Å². The molecule has 6 nitrogen and oxygen atoms in total. The van der Waals surface area contributed by atoms with Crippen LogP contribution in [0.2, 0.25) is 0 Å². The van der Waals surface area contributed by atoms with Gasteiger partial charge in [0.05, 0.1) is 6.07 Å². The highest BCUT2D eigenvalue weighted by Crippen LogP contribution is 2.26. The number of amides is 1. The van der Waals surface area contributed by atoms with Gasteiger partial charge in [-0.3, -0.25) is 4.79 Å². The fourth-order valence-electron chi connectivity index (χ4n) is 3.02. The smallest absolute Gasteiger partial charge is 0.271 e. The maximum absolute atomic E-state index is 12.4. The van der Waals surface area contributed by atoms with Gasteiger partial charge >= 0.3 is 0 Å². The van der Waals surface area contributed by atoms with E-state index in [0.717, 1.165) is 25.7 Å². The lowest BCUT2D eigenvalue weighted by molar-refractivity contribution is 0.0924. The second-order valence-corrected chi connectivity index (χ2v) is 5.81. The zero-order chi connectivity index (χ0) is 16.1. The van der Waals surface area contributed by atoms with Gasteiger partial charge in [-0.15, -0.1) is 0 Å². The second-order valence-electron chi connectivity index (χ2n) is 5.81. The third-order valence-corrected chi connectivity index (χ3v) is 4.25. The normalized spacial score (nSPS) is 16.5. The van der Waals surface area contributed by atoms with Crippen molar-refractivity contribution in [2.75, 3.05) is 0 Å². The number of carbonyl (C=O) groups is 1. The van der Waals surface area contributed by atoms with Crippen LogP contribution in [-0.4, -0.2) is 26.7 Å². The molecule has 1 fully saturated rings. The summed E-state index contributed by atoms with van der Waals surface area (Å²) in [4.78, 5) is 16.8. The molecular weight excluding hydrogens is 290 g/mol. The van der Waals surface area contributed by atoms with Gasteiger partial charge in [-0.05, 0) is 37.0 Å². The van der Waals surface area contributed by atoms with E-state index in [9.17, 15) is 10.1 Å². The molecule has 0 spiro atoms. The molecule has 0 aromatic carbocycles. The Morgan fingerprint density at radius 1 is 1.30 bits per heavy atom. The van der Waals surface area contributed by atoms with E-state index >= 15 is 0 Å². The number of rotatable bonds is 4. The van der Waals surface area contributed by atoms with Gasteiger partial charge in [-0.2, -0.15) is 10.4 Å². The summed E-state index contributed by atoms with van der Waals surface area (Å²) in [6.07, 6.45) is 8.90. The molecule has 0 unspecified atom stereocenters. The third-order valence-electron chi connectivity index (χ3n) is 4.25. The Hall–Kier alpha value is -2.68. The summed E-state index contributed by atoms with van der Waals surface area (Å²) in [7, 11) is 0. The first-order chi connectivity index (χ1) is 11.3. The average Bonchev–Trinajstić information content (AvgIpc) is 3.15. The molecule has 3 rings (SSSR count). The van der Waals surface area contributed by atoms with E-state index in [1.165, 1.54) is 6.42 Å². The number of hydrogen-bond donors (Lipinski definition) is 1. The number of nitrogens with zero attached hydrogens (tertiary/aromatic N) is 4. The molecule has 118 valence electrons. The molecule has 1 aliphatic rings. The zero-order valence-corrected chi connectivity index (χ0v) is 12.9. The van der Waals surface area contributed by atoms with Crippen LogP contribution in [-0.2, 0) is 0 Å². The Balaban J connectivity index is 1.72. The van der Waals surface area contributed by atoms with Crippen LogP contribution in [0.15, 0.2) is 36.7 Å². The number of aromatic nitrogens is 3. The first kappa shape index (κ1) is 15.2. The van der Waals surface area contributed by atoms with E-state index in [-0.39, 0.29) is 11.8 Å². The molecule has 2 aromatic heterocycles. The Morgan fingerprint density at radius 2 is 2.13 bits per heavy atom. The van der Waals surface area contributed by atoms with Crippen LogP contribution in [0.25, 0.3) is 5.82 Å². The maximum atomic E-state index is 12.4. The van der Waals surface area contributed by atoms with Crippen molar-refractivity contribution in [1.82, 2.24) is 20.1 Å². The van der Waals surface area contributed by atoms with Crippen LogP contribution in [0.1, 0.15) is 42.6 Å². The zero-order valence-electron chi connectivity index (χ0n) is 12.9. The highest BCUT2D eigenvalue weighted by molar-refractivity contribution is 5.92. The summed E-state index contributed by atoms with van der Waals surface area (Å²) in [6.45, 7) is 0. The van der Waals surface area contributed by atoms with Crippen LogP contribution >= 0.6 is 0 Å². The van der Waals surface area contributed by atoms with Gasteiger partial charge in [-0.1, -0.05) is 25.3 Å². The van der Waals surface area contributed by atoms with Crippen molar-refractivity contribution in [3.8, 4) is 11.9 Å². The molecule has 2 aromatic rings. The predicted octanol–water partition coefficient (Wildman–Crippen LogP) is 2.47. The second kappa shape index (κ2) is 7.05. The Kier molecular flexibility index (Phi) is 4.67. The minimum absolute atomic E-state index is 0.243. The van der Waals surface area contributed by atoms with Crippen molar-refractivity contribution >= 4 is 5.91 Å². The molecule has 1 amide bonds. The molecular formula is C17H19N5O. The SMILES string of the molecule is N#C[C@@H](NC(=O)c1cccc(-n2cccn2)n1)C1CCCCC1. The summed E-state index contributed by atoms with van der Waals surface area (Å²) in [5, 5.41) is 16.3. The predicted molar refractivity (Wildman–Crippen MR) is 84.8 cm³/mol. The molecule has 1 aliphatic carbocycles. The van der Waals surface area contributed by atoms with E-state index in [4.69, 9.17) is 0 Å². The van der Waals surface area contributed by atoms with Crippen LogP contribution in [0.3, 0.4) is 0 Å². The van der Waals surface area contributed by atoms with Gasteiger partial charge in [0, 0.05) is 12.4 Å². The van der Waals surface area contributed by atoms with Crippen molar-refractivity contribution in [2.24, 2.45) is 5.92 Å². The number of nitriles is 1. The maximum Gasteiger partial charge on any atom is 0.271 e. The Morgan fingerprint density at radius 3 is 2.83 bits per heavy atom. The molecule has 0 radical (unpaired) electrons. The van der Waals surface area contributed by atoms with Gasteiger partial charge < -0.3 is 5.32 Å². The molecule has 0 aliphatic heterocycles. The van der Waals surface area contributed by atoms with Gasteiger partial charge in [0.25, 0.3) is 5.91 Å². The lowest BCUT2D eigenvalue weighted by Gasteiger charge is -2.26. The fourth-order valence-corrected chi connectivity index (χ4v) is 3.02. The minimum Gasteiger partial charge on any atom is -0.335 e. The molecule has 2 heterocycles. The highest BCUT2D eigenvalue weighted by Gasteiger charge is 2.25. The summed E-state index contributed by atoms with van der Waals surface area (Å²) in [5.41, 5.74) is 0.300. The van der Waals surface area contributed by atoms with E-state index in [2.05, 4.69) is 21.5 Å². The van der Waals surface area contributed by atoms with Crippen molar-refractivity contribution in [1.29, 1.82) is 5.26 Å². The highest BCUT2D eigenvalue weighted by atomic mass is 16.1. The number of carbonyl (C=O) groups excluding carboxylic acids is 1. The quantitative estimate of drug-likeness (QED) is 0.940. The van der Waals surface area contributed by atoms with Crippen molar-refractivity contribution in [3.05, 3.63) is 42.4 Å². The summed E-state index contributed by atoms with van der Waals surface area (Å²) < 4.78 is 1.60. The molecule has 0 saturated heterocycles. The molecule has 23 heavy (non-hydrogen) atoms. The van der Waals surface area contributed by atoms with Crippen LogP contribution in [0.5, 0.6) is 0 Å². The largest absolute Gasteiger partial charge is 0.335 e. The summed E-state index contributed by atoms with van der Waals surface area (Å²) >= 11 is 0. The first-order valence-electron chi connectivity index (χ1n) is 7.95. The molecule has 1 N–H and O–H groups in total. The molecule has 1 atom stereocenters. The lowest BCUT2D eigenvalue weighted by Crippen LogP contribution is -2.40. The molecule has 1 saturated carbocycles. The standard InChI is InChI=1S/C17H19N5O/c18-12-15(13-6-2-1-3-7-13)21-17(23)14-8-4-9-16(20-14)22-11-5-10-19-22/h4-5,8-11,13,15H,1-3,6-7H2,(H,21,23)/t15-/m1/s1. The molecule has 0 bridgehead atoms. The van der Waals surface area contributed by atoms with Gasteiger partial charge in [0.15, 0.2) is 5.82 Å². The van der Waals surface area contributed by atoms with Crippen LogP contribution < -0.4 is 5.32 Å². The van der Waals surface area contributed by atoms with Crippen LogP contribution in [0, 0.1) is 17.2 Å². The fraction of sp³-hybridized carbons (Fsp3) is 0.412. The summed E-state index contributed by atoms with van der Waals surface area (Å²) in [6, 6.07) is 8.79. The van der Waals surface area contributed by atoms with Crippen molar-refractivity contribution in [2.45, 2.75) is 38.1 Å². The van der Waals surface area contributed by atoms with Gasteiger partial charge in [-0.25, -0.2) is 9.67 Å². The number of pyridine rings is 1.